The maximum Gasteiger partial charge on any atom is 0.256 e. The van der Waals surface area contributed by atoms with Gasteiger partial charge in [-0.15, -0.1) is 0 Å². The van der Waals surface area contributed by atoms with Crippen LogP contribution in [0.4, 0.5) is 5.82 Å². The van der Waals surface area contributed by atoms with Crippen LogP contribution in [0.3, 0.4) is 0 Å². The first-order valence-corrected chi connectivity index (χ1v) is 12.2. The highest BCUT2D eigenvalue weighted by atomic mass is 32.1. The highest BCUT2D eigenvalue weighted by Crippen LogP contribution is 2.32. The van der Waals surface area contributed by atoms with Crippen molar-refractivity contribution in [3.8, 4) is 16.6 Å². The van der Waals surface area contributed by atoms with Crippen LogP contribution in [0.1, 0.15) is 42.4 Å². The number of amides is 1. The summed E-state index contributed by atoms with van der Waals surface area (Å²) in [4.78, 5) is 17.8. The van der Waals surface area contributed by atoms with Gasteiger partial charge in [0.05, 0.1) is 15.9 Å². The number of aryl methyl sites for hydroxylation is 1. The average molecular weight is 483 g/mol. The van der Waals surface area contributed by atoms with Gasteiger partial charge >= 0.3 is 0 Å². The van der Waals surface area contributed by atoms with Gasteiger partial charge in [-0.2, -0.15) is 9.78 Å². The molecule has 0 aliphatic carbocycles. The van der Waals surface area contributed by atoms with Crippen molar-refractivity contribution in [2.75, 3.05) is 5.32 Å². The Balaban J connectivity index is 1.37. The Labute approximate surface area is 208 Å². The topological polar surface area (TPSA) is 69.0 Å². The highest BCUT2D eigenvalue weighted by Gasteiger charge is 2.18. The van der Waals surface area contributed by atoms with Crippen LogP contribution in [0.5, 0.6) is 11.5 Å². The lowest BCUT2D eigenvalue weighted by atomic mass is 9.87. The molecule has 7 heteroatoms. The number of carbonyl (C=O) groups is 1. The van der Waals surface area contributed by atoms with Crippen LogP contribution in [-0.4, -0.2) is 20.7 Å². The van der Waals surface area contributed by atoms with Crippen LogP contribution in [0, 0.1) is 6.92 Å². The zero-order valence-electron chi connectivity index (χ0n) is 20.1. The van der Waals surface area contributed by atoms with Crippen LogP contribution < -0.4 is 10.1 Å². The van der Waals surface area contributed by atoms with E-state index in [4.69, 9.17) is 9.72 Å². The number of hydrogen-bond donors (Lipinski definition) is 1. The Morgan fingerprint density at radius 2 is 1.66 bits per heavy atom. The van der Waals surface area contributed by atoms with Gasteiger partial charge in [-0.05, 0) is 66.4 Å². The molecule has 35 heavy (non-hydrogen) atoms. The minimum atomic E-state index is -0.228. The van der Waals surface area contributed by atoms with Gasteiger partial charge in [-0.25, -0.2) is 4.98 Å². The number of nitrogens with zero attached hydrogens (tertiary/aromatic N) is 3. The summed E-state index contributed by atoms with van der Waals surface area (Å²) in [6.07, 6.45) is 0. The van der Waals surface area contributed by atoms with Gasteiger partial charge in [0, 0.05) is 11.6 Å². The smallest absolute Gasteiger partial charge is 0.256 e. The molecule has 5 aromatic rings. The summed E-state index contributed by atoms with van der Waals surface area (Å²) < 4.78 is 8.60. The monoisotopic (exact) mass is 482 g/mol. The second-order valence-electron chi connectivity index (χ2n) is 9.41. The summed E-state index contributed by atoms with van der Waals surface area (Å²) in [6.45, 7) is 8.48. The third kappa shape index (κ3) is 4.95. The molecule has 0 bridgehead atoms. The molecule has 0 aliphatic rings. The summed E-state index contributed by atoms with van der Waals surface area (Å²) in [5.74, 6) is 1.76. The number of thiazole rings is 1. The summed E-state index contributed by atoms with van der Waals surface area (Å²) in [5.41, 5.74) is 3.54. The van der Waals surface area contributed by atoms with E-state index < -0.39 is 0 Å². The van der Waals surface area contributed by atoms with E-state index in [9.17, 15) is 4.79 Å². The number of hydrogen-bond acceptors (Lipinski definition) is 5. The molecule has 1 amide bonds. The molecule has 0 fully saturated rings. The van der Waals surface area contributed by atoms with E-state index in [1.54, 1.807) is 40.3 Å². The van der Waals surface area contributed by atoms with Gasteiger partial charge in [0.15, 0.2) is 0 Å². The zero-order valence-corrected chi connectivity index (χ0v) is 20.9. The first-order valence-electron chi connectivity index (χ1n) is 11.4. The first-order chi connectivity index (χ1) is 16.8. The van der Waals surface area contributed by atoms with E-state index in [0.29, 0.717) is 22.3 Å². The van der Waals surface area contributed by atoms with Crippen molar-refractivity contribution in [3.05, 3.63) is 95.7 Å². The fourth-order valence-corrected chi connectivity index (χ4v) is 4.66. The molecular weight excluding hydrogens is 456 g/mol. The molecule has 0 spiro atoms. The van der Waals surface area contributed by atoms with Crippen molar-refractivity contribution in [1.82, 2.24) is 14.8 Å². The third-order valence-electron chi connectivity index (χ3n) is 5.59. The van der Waals surface area contributed by atoms with Crippen molar-refractivity contribution >= 4 is 33.3 Å². The van der Waals surface area contributed by atoms with E-state index >= 15 is 0 Å². The standard InChI is InChI=1S/C28H26N4O2S/c1-18-16-25(30-26(33)19-10-13-22(14-11-19)34-21-8-6-5-7-9-21)32(31-18)27-29-23-15-12-20(28(2,3)4)17-24(23)35-27/h5-17H,1-4H3,(H,30,33). The number of benzene rings is 3. The molecule has 0 saturated heterocycles. The van der Waals surface area contributed by atoms with Gasteiger partial charge in [-0.3, -0.25) is 4.79 Å². The predicted octanol–water partition coefficient (Wildman–Crippen LogP) is 7.13. The number of rotatable bonds is 5. The molecule has 176 valence electrons. The first kappa shape index (κ1) is 22.8. The molecule has 0 aliphatic heterocycles. The molecule has 1 N–H and O–H groups in total. The summed E-state index contributed by atoms with van der Waals surface area (Å²) in [6, 6.07) is 24.8. The summed E-state index contributed by atoms with van der Waals surface area (Å²) in [7, 11) is 0. The van der Waals surface area contributed by atoms with Gasteiger partial charge in [0.2, 0.25) is 5.13 Å². The summed E-state index contributed by atoms with van der Waals surface area (Å²) >= 11 is 1.56. The normalized spacial score (nSPS) is 11.5. The van der Waals surface area contributed by atoms with Crippen molar-refractivity contribution in [2.24, 2.45) is 0 Å². The van der Waals surface area contributed by atoms with Gasteiger partial charge < -0.3 is 10.1 Å². The lowest BCUT2D eigenvalue weighted by molar-refractivity contribution is 0.102. The number of aromatic nitrogens is 3. The molecule has 0 unspecified atom stereocenters. The highest BCUT2D eigenvalue weighted by molar-refractivity contribution is 7.20. The quantitative estimate of drug-likeness (QED) is 0.289. The Kier molecular flexibility index (Phi) is 5.86. The Bertz CT molecular complexity index is 1500. The van der Waals surface area contributed by atoms with E-state index in [2.05, 4.69) is 43.3 Å². The van der Waals surface area contributed by atoms with E-state index in [1.165, 1.54) is 5.56 Å². The Hall–Kier alpha value is -3.97. The Morgan fingerprint density at radius 3 is 2.37 bits per heavy atom. The molecule has 2 heterocycles. The lowest BCUT2D eigenvalue weighted by Crippen LogP contribution is -2.15. The Morgan fingerprint density at radius 1 is 0.943 bits per heavy atom. The van der Waals surface area contributed by atoms with Gasteiger partial charge in [0.25, 0.3) is 5.91 Å². The molecular formula is C28H26N4O2S. The molecule has 6 nitrogen and oxygen atoms in total. The van der Waals surface area contributed by atoms with Crippen LogP contribution in [-0.2, 0) is 5.41 Å². The van der Waals surface area contributed by atoms with Crippen molar-refractivity contribution in [1.29, 1.82) is 0 Å². The number of nitrogens with one attached hydrogen (secondary N) is 1. The minimum Gasteiger partial charge on any atom is -0.457 e. The molecule has 3 aromatic carbocycles. The van der Waals surface area contributed by atoms with Gasteiger partial charge in [-0.1, -0.05) is 56.4 Å². The molecule has 5 rings (SSSR count). The maximum atomic E-state index is 13.0. The van der Waals surface area contributed by atoms with Gasteiger partial charge in [0.1, 0.15) is 17.3 Å². The van der Waals surface area contributed by atoms with Crippen molar-refractivity contribution < 1.29 is 9.53 Å². The van der Waals surface area contributed by atoms with Crippen LogP contribution >= 0.6 is 11.3 Å². The number of para-hydroxylation sites is 1. The number of carbonyl (C=O) groups excluding carboxylic acids is 1. The number of anilines is 1. The average Bonchev–Trinajstić information content (AvgIpc) is 3.42. The van der Waals surface area contributed by atoms with Crippen LogP contribution in [0.15, 0.2) is 78.9 Å². The molecule has 0 saturated carbocycles. The second kappa shape index (κ2) is 9.00. The number of ether oxygens (including phenoxy) is 1. The lowest BCUT2D eigenvalue weighted by Gasteiger charge is -2.18. The van der Waals surface area contributed by atoms with E-state index in [1.807, 2.05) is 49.4 Å². The van der Waals surface area contributed by atoms with Crippen LogP contribution in [0.25, 0.3) is 15.3 Å². The van der Waals surface area contributed by atoms with E-state index in [-0.39, 0.29) is 11.3 Å². The third-order valence-corrected chi connectivity index (χ3v) is 6.59. The number of fused-ring (bicyclic) bond motifs is 1. The summed E-state index contributed by atoms with van der Waals surface area (Å²) in [5, 5.41) is 8.28. The zero-order chi connectivity index (χ0) is 24.6. The predicted molar refractivity (Wildman–Crippen MR) is 141 cm³/mol. The minimum absolute atomic E-state index is 0.0570. The molecule has 0 atom stereocenters. The second-order valence-corrected chi connectivity index (χ2v) is 10.4. The largest absolute Gasteiger partial charge is 0.457 e. The molecule has 2 aromatic heterocycles. The fourth-order valence-electron chi connectivity index (χ4n) is 3.69. The van der Waals surface area contributed by atoms with Crippen LogP contribution in [0.2, 0.25) is 0 Å². The maximum absolute atomic E-state index is 13.0. The van der Waals surface area contributed by atoms with Crippen molar-refractivity contribution in [2.45, 2.75) is 33.1 Å². The van der Waals surface area contributed by atoms with Crippen molar-refractivity contribution in [3.63, 3.8) is 0 Å². The molecule has 0 radical (unpaired) electrons. The SMILES string of the molecule is Cc1cc(NC(=O)c2ccc(Oc3ccccc3)cc2)n(-c2nc3ccc(C(C)(C)C)cc3s2)n1. The fraction of sp³-hybridized carbons (Fsp3) is 0.179. The van der Waals surface area contributed by atoms with E-state index in [0.717, 1.165) is 21.7 Å².